The second-order valence-corrected chi connectivity index (χ2v) is 21.3. The van der Waals surface area contributed by atoms with E-state index in [1.807, 2.05) is 4.90 Å². The second-order valence-electron chi connectivity index (χ2n) is 21.3. The third-order valence-electron chi connectivity index (χ3n) is 17.4. The number of hydroxylamine groups is 2. The molecular formula is C47H81N5O8. The van der Waals surface area contributed by atoms with E-state index in [1.54, 1.807) is 19.1 Å². The van der Waals surface area contributed by atoms with Crippen LogP contribution in [0.2, 0.25) is 0 Å². The van der Waals surface area contributed by atoms with Crippen molar-refractivity contribution in [3.8, 4) is 0 Å². The first kappa shape index (κ1) is 46.1. The number of rotatable bonds is 14. The molecule has 13 nitrogen and oxygen atoms in total. The highest BCUT2D eigenvalue weighted by atomic mass is 16.7. The molecule has 0 aromatic rings. The highest BCUT2D eigenvalue weighted by Crippen LogP contribution is 2.61. The Morgan fingerprint density at radius 2 is 1.68 bits per heavy atom. The fraction of sp³-hybridized carbons (Fsp3) is 0.936. The summed E-state index contributed by atoms with van der Waals surface area (Å²) < 4.78 is 12.0. The zero-order valence-corrected chi connectivity index (χ0v) is 38.1. The van der Waals surface area contributed by atoms with Gasteiger partial charge in [-0.3, -0.25) is 19.2 Å². The number of aliphatic hydroxyl groups is 2. The zero-order chi connectivity index (χ0) is 42.9. The lowest BCUT2D eigenvalue weighted by atomic mass is 9.45. The fourth-order valence-corrected chi connectivity index (χ4v) is 13.7. The van der Waals surface area contributed by atoms with E-state index in [9.17, 15) is 24.6 Å². The predicted molar refractivity (Wildman–Crippen MR) is 229 cm³/mol. The maximum atomic E-state index is 14.5. The molecule has 6 unspecified atom stereocenters. The van der Waals surface area contributed by atoms with E-state index in [4.69, 9.17) is 14.3 Å². The molecule has 15 atom stereocenters. The van der Waals surface area contributed by atoms with Crippen LogP contribution in [0.15, 0.2) is 0 Å². The van der Waals surface area contributed by atoms with Gasteiger partial charge >= 0.3 is 0 Å². The zero-order valence-electron chi connectivity index (χ0n) is 38.1. The van der Waals surface area contributed by atoms with Crippen molar-refractivity contribution in [3.05, 3.63) is 0 Å². The van der Waals surface area contributed by atoms with Gasteiger partial charge in [-0.25, -0.2) is 0 Å². The predicted octanol–water partition coefficient (Wildman–Crippen LogP) is 4.24. The van der Waals surface area contributed by atoms with E-state index < -0.39 is 30.2 Å². The van der Waals surface area contributed by atoms with Crippen molar-refractivity contribution in [2.24, 2.45) is 58.7 Å². The summed E-state index contributed by atoms with van der Waals surface area (Å²) in [7, 11) is 6.01. The van der Waals surface area contributed by atoms with Gasteiger partial charge in [0.1, 0.15) is 18.2 Å². The Labute approximate surface area is 360 Å². The highest BCUT2D eigenvalue weighted by molar-refractivity contribution is 5.88. The molecular weight excluding hydrogens is 763 g/mol. The number of aliphatic hydroxyl groups excluding tert-OH is 2. The van der Waals surface area contributed by atoms with Crippen LogP contribution in [0.3, 0.4) is 0 Å². The topological polar surface area (TPSA) is 153 Å². The number of morpholine rings is 1. The van der Waals surface area contributed by atoms with E-state index >= 15 is 0 Å². The Hall–Kier alpha value is -1.87. The van der Waals surface area contributed by atoms with Gasteiger partial charge in [-0.15, -0.1) is 0 Å². The molecule has 2 aliphatic heterocycles. The van der Waals surface area contributed by atoms with Crippen molar-refractivity contribution >= 4 is 17.7 Å². The minimum atomic E-state index is -0.851. The van der Waals surface area contributed by atoms with Crippen LogP contribution in [0.25, 0.3) is 0 Å². The second kappa shape index (κ2) is 19.9. The number of carbonyl (C=O) groups is 3. The van der Waals surface area contributed by atoms with E-state index in [0.717, 1.165) is 57.8 Å². The minimum Gasteiger partial charge on any atom is -0.394 e. The average Bonchev–Trinajstić information content (AvgIpc) is 3.62. The van der Waals surface area contributed by atoms with E-state index in [0.29, 0.717) is 68.4 Å². The van der Waals surface area contributed by atoms with Gasteiger partial charge < -0.3 is 40.1 Å². The molecule has 8 aliphatic rings. The molecule has 2 bridgehead atoms. The summed E-state index contributed by atoms with van der Waals surface area (Å²) in [5.74, 6) is 1.60. The number of nitrogens with one attached hydrogen (secondary N) is 2. The molecule has 0 aromatic carbocycles. The van der Waals surface area contributed by atoms with Crippen molar-refractivity contribution < 1.29 is 38.9 Å². The van der Waals surface area contributed by atoms with Crippen molar-refractivity contribution in [1.29, 1.82) is 0 Å². The van der Waals surface area contributed by atoms with Gasteiger partial charge in [0.2, 0.25) is 17.7 Å². The largest absolute Gasteiger partial charge is 0.394 e. The van der Waals surface area contributed by atoms with E-state index in [-0.39, 0.29) is 66.2 Å². The molecule has 0 aromatic heterocycles. The molecule has 60 heavy (non-hydrogen) atoms. The molecule has 8 fully saturated rings. The first-order valence-corrected chi connectivity index (χ1v) is 24.1. The minimum absolute atomic E-state index is 0.00183. The smallest absolute Gasteiger partial charge is 0.245 e. The Balaban J connectivity index is 1.05. The SMILES string of the molecule is COC1C(CN2O[C@@H](CO)[C@H]([C@H](C)O)[C@H]2C(=O)N[C@H]2C[C@H]3C[C@@H]([C@@H]2C)C3(C)C)CCCC1C1CC(C(=O)N[C@H](CC2CCCCC2)C(=O)N2CCOCC2)CC(N(C)C)C1. The lowest BCUT2D eigenvalue weighted by Crippen LogP contribution is -2.62. The molecule has 3 amide bonds. The Morgan fingerprint density at radius 1 is 0.950 bits per heavy atom. The molecule has 13 heteroatoms. The number of carbonyl (C=O) groups excluding carboxylic acids is 3. The molecule has 6 aliphatic carbocycles. The van der Waals surface area contributed by atoms with Crippen LogP contribution in [0.4, 0.5) is 0 Å². The van der Waals surface area contributed by atoms with Crippen LogP contribution < -0.4 is 10.6 Å². The summed E-state index contributed by atoms with van der Waals surface area (Å²) in [6.45, 7) is 11.1. The lowest BCUT2D eigenvalue weighted by Gasteiger charge is -2.62. The summed E-state index contributed by atoms with van der Waals surface area (Å²) >= 11 is 0. The number of ether oxygens (including phenoxy) is 2. The van der Waals surface area contributed by atoms with Gasteiger partial charge in [0.25, 0.3) is 0 Å². The van der Waals surface area contributed by atoms with Crippen LogP contribution in [0.1, 0.15) is 118 Å². The van der Waals surface area contributed by atoms with Crippen molar-refractivity contribution in [1.82, 2.24) is 25.5 Å². The van der Waals surface area contributed by atoms with Crippen molar-refractivity contribution in [3.63, 3.8) is 0 Å². The third-order valence-corrected chi connectivity index (χ3v) is 17.4. The van der Waals surface area contributed by atoms with E-state index in [1.165, 1.54) is 25.7 Å². The van der Waals surface area contributed by atoms with Gasteiger partial charge in [0.15, 0.2) is 0 Å². The van der Waals surface area contributed by atoms with Crippen LogP contribution in [-0.4, -0.2) is 146 Å². The number of nitrogens with zero attached hydrogens (tertiary/aromatic N) is 3. The van der Waals surface area contributed by atoms with E-state index in [2.05, 4.69) is 50.4 Å². The highest BCUT2D eigenvalue weighted by Gasteiger charge is 2.58. The monoisotopic (exact) mass is 844 g/mol. The van der Waals surface area contributed by atoms with Gasteiger partial charge in [0, 0.05) is 56.6 Å². The molecule has 4 N–H and O–H groups in total. The quantitative estimate of drug-likeness (QED) is 0.200. The molecule has 2 saturated heterocycles. The summed E-state index contributed by atoms with van der Waals surface area (Å²) in [4.78, 5) is 53.5. The number of amides is 3. The normalized spacial score (nSPS) is 39.8. The molecule has 8 rings (SSSR count). The third kappa shape index (κ3) is 9.77. The van der Waals surface area contributed by atoms with Crippen molar-refractivity contribution in [2.45, 2.75) is 160 Å². The summed E-state index contributed by atoms with van der Waals surface area (Å²) in [5.41, 5.74) is 0.299. The van der Waals surface area contributed by atoms with Crippen LogP contribution in [0.5, 0.6) is 0 Å². The van der Waals surface area contributed by atoms with Gasteiger partial charge in [-0.05, 0) is 113 Å². The fourth-order valence-electron chi connectivity index (χ4n) is 13.7. The van der Waals surface area contributed by atoms with Crippen LogP contribution >= 0.6 is 0 Å². The summed E-state index contributed by atoms with van der Waals surface area (Å²) in [6, 6.07) is -0.956. The van der Waals surface area contributed by atoms with Crippen LogP contribution in [-0.2, 0) is 28.7 Å². The molecule has 2 heterocycles. The summed E-state index contributed by atoms with van der Waals surface area (Å²) in [6.07, 6.45) is 12.5. The summed E-state index contributed by atoms with van der Waals surface area (Å²) in [5, 5.41) is 30.1. The first-order valence-electron chi connectivity index (χ1n) is 24.1. The molecule has 6 saturated carbocycles. The van der Waals surface area contributed by atoms with Crippen LogP contribution in [0, 0.1) is 58.7 Å². The van der Waals surface area contributed by atoms with Crippen molar-refractivity contribution in [2.75, 3.05) is 60.7 Å². The first-order chi connectivity index (χ1) is 28.7. The maximum absolute atomic E-state index is 14.5. The Bertz CT molecular complexity index is 1450. The molecule has 0 spiro atoms. The van der Waals surface area contributed by atoms with Gasteiger partial charge in [-0.1, -0.05) is 59.3 Å². The number of hydrogen-bond donors (Lipinski definition) is 4. The average molecular weight is 844 g/mol. The number of methoxy groups -OCH3 is 1. The number of fused-ring (bicyclic) bond motifs is 2. The van der Waals surface area contributed by atoms with Gasteiger partial charge in [-0.2, -0.15) is 5.06 Å². The number of hydrogen-bond acceptors (Lipinski definition) is 10. The molecule has 0 radical (unpaired) electrons. The van der Waals surface area contributed by atoms with Gasteiger partial charge in [0.05, 0.1) is 32.0 Å². The standard InChI is InChI=1S/C47H81N5O8/c1-28-37-24-34(47(37,3)4)25-38(28)48-45(56)42-41(29(2)54)40(27-53)60-52(42)26-31-14-11-15-36(43(31)58-7)32-21-33(23-35(22-32)50(5)6)44(55)49-39(20-30-12-9-8-10-13-30)46(57)51-16-18-59-19-17-51/h28-43,53-54H,8-27H2,1-7H3,(H,48,56)(H,49,55)/t28-,29-,31?,32?,33?,34+,35?,36?,37-,38-,39+,40-,41-,42-,43?/m0/s1. The molecule has 342 valence electrons. The Morgan fingerprint density at radius 3 is 2.32 bits per heavy atom. The Kier molecular flexibility index (Phi) is 15.3. The maximum Gasteiger partial charge on any atom is 0.245 e. The lowest BCUT2D eigenvalue weighted by molar-refractivity contribution is -0.193.